The topological polar surface area (TPSA) is 60.9 Å². The number of carbonyl (C=O) groups is 2. The second kappa shape index (κ2) is 5.95. The van der Waals surface area contributed by atoms with Crippen molar-refractivity contribution in [1.29, 1.82) is 0 Å². The Hall–Kier alpha value is -1.66. The third-order valence-corrected chi connectivity index (χ3v) is 6.45. The van der Waals surface area contributed by atoms with Gasteiger partial charge in [0.25, 0.3) is 0 Å². The third-order valence-electron chi connectivity index (χ3n) is 6.16. The number of carbonyl (C=O) groups excluding carboxylic acids is 1. The molecule has 2 aliphatic heterocycles. The first-order valence-electron chi connectivity index (χ1n) is 8.66. The van der Waals surface area contributed by atoms with Crippen LogP contribution in [0.4, 0.5) is 10.1 Å². The summed E-state index contributed by atoms with van der Waals surface area (Å²) in [5.74, 6) is -1.16. The summed E-state index contributed by atoms with van der Waals surface area (Å²) in [7, 11) is 0. The maximum Gasteiger partial charge on any atom is 0.311 e. The van der Waals surface area contributed by atoms with Gasteiger partial charge in [0.05, 0.1) is 16.5 Å². The van der Waals surface area contributed by atoms with Gasteiger partial charge in [-0.15, -0.1) is 0 Å². The van der Waals surface area contributed by atoms with Crippen molar-refractivity contribution in [3.63, 3.8) is 0 Å². The van der Waals surface area contributed by atoms with Gasteiger partial charge in [0.15, 0.2) is 0 Å². The van der Waals surface area contributed by atoms with E-state index in [1.807, 2.05) is 4.90 Å². The highest BCUT2D eigenvalue weighted by Crippen LogP contribution is 2.50. The molecule has 134 valence electrons. The number of halogens is 2. The van der Waals surface area contributed by atoms with Gasteiger partial charge in [0.1, 0.15) is 5.82 Å². The number of hydrogen-bond acceptors (Lipinski definition) is 3. The first-order valence-corrected chi connectivity index (χ1v) is 9.04. The van der Waals surface area contributed by atoms with Crippen molar-refractivity contribution in [3.05, 3.63) is 29.0 Å². The van der Waals surface area contributed by atoms with Crippen LogP contribution < -0.4 is 4.90 Å². The molecule has 1 saturated carbocycles. The molecule has 1 aromatic rings. The van der Waals surface area contributed by atoms with Gasteiger partial charge < -0.3 is 10.0 Å². The summed E-state index contributed by atoms with van der Waals surface area (Å²) in [6.45, 7) is 1.65. The van der Waals surface area contributed by atoms with E-state index in [2.05, 4.69) is 0 Å². The van der Waals surface area contributed by atoms with Crippen molar-refractivity contribution in [2.24, 2.45) is 11.3 Å². The van der Waals surface area contributed by atoms with Crippen LogP contribution in [-0.4, -0.2) is 47.6 Å². The normalized spacial score (nSPS) is 32.4. The number of likely N-dealkylation sites (tertiary alicyclic amines) is 1. The zero-order chi connectivity index (χ0) is 17.8. The minimum Gasteiger partial charge on any atom is -0.481 e. The molecule has 3 aliphatic rings. The monoisotopic (exact) mass is 366 g/mol. The number of carboxylic acid groups (broad SMARTS) is 1. The Balaban J connectivity index is 1.53. The van der Waals surface area contributed by atoms with Gasteiger partial charge in [-0.05, 0) is 43.4 Å². The lowest BCUT2D eigenvalue weighted by molar-refractivity contribution is -0.149. The molecular formula is C18H20ClFN2O3. The molecule has 1 aromatic carbocycles. The summed E-state index contributed by atoms with van der Waals surface area (Å²) in [5.41, 5.74) is -0.0985. The van der Waals surface area contributed by atoms with Crippen molar-refractivity contribution >= 4 is 29.2 Å². The van der Waals surface area contributed by atoms with Crippen LogP contribution in [0.5, 0.6) is 0 Å². The molecule has 1 aliphatic carbocycles. The third kappa shape index (κ3) is 2.54. The Morgan fingerprint density at radius 2 is 2.16 bits per heavy atom. The minimum absolute atomic E-state index is 0.00529. The number of anilines is 1. The first-order chi connectivity index (χ1) is 11.9. The van der Waals surface area contributed by atoms with E-state index in [1.165, 1.54) is 12.1 Å². The number of rotatable bonds is 3. The van der Waals surface area contributed by atoms with Crippen LogP contribution in [-0.2, 0) is 9.59 Å². The van der Waals surface area contributed by atoms with E-state index in [-0.39, 0.29) is 22.9 Å². The highest BCUT2D eigenvalue weighted by Gasteiger charge is 2.57. The van der Waals surface area contributed by atoms with Gasteiger partial charge in [-0.3, -0.25) is 14.5 Å². The molecule has 3 fully saturated rings. The Bertz CT molecular complexity index is 743. The fraction of sp³-hybridized carbons (Fsp3) is 0.556. The van der Waals surface area contributed by atoms with E-state index >= 15 is 0 Å². The van der Waals surface area contributed by atoms with E-state index in [1.54, 1.807) is 11.0 Å². The highest BCUT2D eigenvalue weighted by molar-refractivity contribution is 6.31. The largest absolute Gasteiger partial charge is 0.481 e. The van der Waals surface area contributed by atoms with Gasteiger partial charge in [-0.2, -0.15) is 0 Å². The summed E-state index contributed by atoms with van der Waals surface area (Å²) in [5, 5.41) is 9.71. The summed E-state index contributed by atoms with van der Waals surface area (Å²) in [6.07, 6.45) is 3.21. The van der Waals surface area contributed by atoms with Crippen LogP contribution in [0.1, 0.15) is 25.7 Å². The maximum atomic E-state index is 13.4. The quantitative estimate of drug-likeness (QED) is 0.893. The second-order valence-corrected chi connectivity index (χ2v) is 7.78. The van der Waals surface area contributed by atoms with Crippen molar-refractivity contribution < 1.29 is 19.1 Å². The highest BCUT2D eigenvalue weighted by atomic mass is 35.5. The summed E-state index contributed by atoms with van der Waals surface area (Å²) >= 11 is 5.83. The van der Waals surface area contributed by atoms with Gasteiger partial charge in [0.2, 0.25) is 5.91 Å². The lowest BCUT2D eigenvalue weighted by atomic mass is 9.81. The maximum absolute atomic E-state index is 13.4. The molecule has 0 bridgehead atoms. The number of carboxylic acids is 1. The van der Waals surface area contributed by atoms with E-state index in [9.17, 15) is 19.1 Å². The standard InChI is InChI=1S/C18H20ClFN2O3/c19-13-8-12(3-4-14(13)20)22-7-5-15(16(22)23)21-9-11-2-1-6-18(11,10-21)17(24)25/h3-4,8,11,15H,1-2,5-7,9-10H2,(H,24,25)/t11-,15?,18+/m0/s1. The van der Waals surface area contributed by atoms with Gasteiger partial charge in [-0.25, -0.2) is 4.39 Å². The fourth-order valence-electron chi connectivity index (χ4n) is 4.83. The second-order valence-electron chi connectivity index (χ2n) is 7.37. The Morgan fingerprint density at radius 3 is 2.84 bits per heavy atom. The van der Waals surface area contributed by atoms with Crippen LogP contribution in [0.25, 0.3) is 0 Å². The molecule has 0 radical (unpaired) electrons. The molecule has 4 rings (SSSR count). The SMILES string of the molecule is O=C1C(N2C[C@@H]3CCC[C@@]3(C(=O)O)C2)CCN1c1ccc(F)c(Cl)c1. The average Bonchev–Trinajstić information content (AvgIpc) is 3.22. The van der Waals surface area contributed by atoms with Crippen LogP contribution in [0, 0.1) is 17.2 Å². The average molecular weight is 367 g/mol. The number of nitrogens with zero attached hydrogens (tertiary/aromatic N) is 2. The van der Waals surface area contributed by atoms with Crippen LogP contribution in [0.3, 0.4) is 0 Å². The molecule has 0 aromatic heterocycles. The van der Waals surface area contributed by atoms with Crippen molar-refractivity contribution in [1.82, 2.24) is 4.90 Å². The molecule has 1 amide bonds. The molecule has 1 N–H and O–H groups in total. The number of aliphatic carboxylic acids is 1. The smallest absolute Gasteiger partial charge is 0.311 e. The first kappa shape index (κ1) is 16.8. The van der Waals surface area contributed by atoms with Crippen LogP contribution in [0.15, 0.2) is 18.2 Å². The zero-order valence-corrected chi connectivity index (χ0v) is 14.5. The van der Waals surface area contributed by atoms with Crippen molar-refractivity contribution in [2.45, 2.75) is 31.7 Å². The molecule has 25 heavy (non-hydrogen) atoms. The van der Waals surface area contributed by atoms with Gasteiger partial charge >= 0.3 is 5.97 Å². The lowest BCUT2D eigenvalue weighted by Crippen LogP contribution is -2.43. The predicted octanol–water partition coefficient (Wildman–Crippen LogP) is 2.77. The van der Waals surface area contributed by atoms with E-state index in [0.29, 0.717) is 38.2 Å². The number of amides is 1. The van der Waals surface area contributed by atoms with Crippen LogP contribution >= 0.6 is 11.6 Å². The zero-order valence-electron chi connectivity index (χ0n) is 13.8. The minimum atomic E-state index is -0.731. The molecule has 2 saturated heterocycles. The lowest BCUT2D eigenvalue weighted by Gasteiger charge is -2.26. The molecule has 7 heteroatoms. The Morgan fingerprint density at radius 1 is 1.36 bits per heavy atom. The number of benzene rings is 1. The summed E-state index contributed by atoms with van der Waals surface area (Å²) in [6, 6.07) is 3.98. The van der Waals surface area contributed by atoms with Gasteiger partial charge in [0, 0.05) is 25.3 Å². The van der Waals surface area contributed by atoms with E-state index in [0.717, 1.165) is 12.8 Å². The number of fused-ring (bicyclic) bond motifs is 1. The van der Waals surface area contributed by atoms with E-state index < -0.39 is 17.2 Å². The van der Waals surface area contributed by atoms with Crippen molar-refractivity contribution in [2.75, 3.05) is 24.5 Å². The predicted molar refractivity (Wildman–Crippen MR) is 91.2 cm³/mol. The van der Waals surface area contributed by atoms with E-state index in [4.69, 9.17) is 11.6 Å². The molecular weight excluding hydrogens is 347 g/mol. The molecule has 5 nitrogen and oxygen atoms in total. The summed E-state index contributed by atoms with van der Waals surface area (Å²) < 4.78 is 13.4. The Labute approximate surface area is 150 Å². The molecule has 0 spiro atoms. The molecule has 3 atom stereocenters. The number of hydrogen-bond donors (Lipinski definition) is 1. The summed E-state index contributed by atoms with van der Waals surface area (Å²) in [4.78, 5) is 28.4. The van der Waals surface area contributed by atoms with Gasteiger partial charge in [-0.1, -0.05) is 18.0 Å². The molecule has 2 heterocycles. The van der Waals surface area contributed by atoms with Crippen LogP contribution in [0.2, 0.25) is 5.02 Å². The Kier molecular flexibility index (Phi) is 4.00. The fourth-order valence-corrected chi connectivity index (χ4v) is 5.00. The van der Waals surface area contributed by atoms with Crippen molar-refractivity contribution in [3.8, 4) is 0 Å². The molecule has 1 unspecified atom stereocenters.